The molecule has 104 valence electrons. The second kappa shape index (κ2) is 3.83. The number of imide groups is 1. The molecule has 5 rings (SSSR count). The fourth-order valence-electron chi connectivity index (χ4n) is 3.72. The molecule has 0 atom stereocenters. The van der Waals surface area contributed by atoms with Gasteiger partial charge in [-0.1, -0.05) is 42.5 Å². The Balaban J connectivity index is 1.84. The molecule has 2 amide bonds. The standard InChI is InChI=1S/C19H11NO2/c21-18-14-8-7-13-12-6-5-10-3-1-2-4-11(10)15(12)9-16(13)17(14)19(22)20-18/h1-8H,9H2,(H,20,21,22). The van der Waals surface area contributed by atoms with Crippen LogP contribution in [0.25, 0.3) is 21.9 Å². The smallest absolute Gasteiger partial charge is 0.259 e. The molecule has 3 aromatic carbocycles. The van der Waals surface area contributed by atoms with Gasteiger partial charge in [0.1, 0.15) is 0 Å². The van der Waals surface area contributed by atoms with Gasteiger partial charge in [-0.05, 0) is 39.1 Å². The minimum absolute atomic E-state index is 0.269. The Morgan fingerprint density at radius 1 is 0.727 bits per heavy atom. The van der Waals surface area contributed by atoms with E-state index in [1.165, 1.54) is 21.9 Å². The average Bonchev–Trinajstić information content (AvgIpc) is 3.05. The first kappa shape index (κ1) is 11.7. The van der Waals surface area contributed by atoms with Crippen molar-refractivity contribution in [2.24, 2.45) is 0 Å². The number of carbonyl (C=O) groups excluding carboxylic acids is 2. The Labute approximate surface area is 126 Å². The molecule has 0 fully saturated rings. The predicted octanol–water partition coefficient (Wildman–Crippen LogP) is 3.29. The van der Waals surface area contributed by atoms with Crippen LogP contribution in [0.15, 0.2) is 48.5 Å². The van der Waals surface area contributed by atoms with Gasteiger partial charge < -0.3 is 0 Å². The monoisotopic (exact) mass is 285 g/mol. The Kier molecular flexibility index (Phi) is 2.03. The molecule has 1 aliphatic heterocycles. The molecule has 1 aliphatic carbocycles. The summed E-state index contributed by atoms with van der Waals surface area (Å²) in [6.45, 7) is 0. The van der Waals surface area contributed by atoms with E-state index in [0.717, 1.165) is 11.1 Å². The Morgan fingerprint density at radius 2 is 1.45 bits per heavy atom. The molecule has 0 unspecified atom stereocenters. The largest absolute Gasteiger partial charge is 0.288 e. The van der Waals surface area contributed by atoms with Crippen molar-refractivity contribution in [1.82, 2.24) is 5.32 Å². The van der Waals surface area contributed by atoms with Crippen molar-refractivity contribution in [2.45, 2.75) is 6.42 Å². The number of benzene rings is 3. The molecule has 1 heterocycles. The van der Waals surface area contributed by atoms with E-state index in [-0.39, 0.29) is 11.8 Å². The number of fused-ring (bicyclic) bond motifs is 7. The number of nitrogens with one attached hydrogen (secondary N) is 1. The summed E-state index contributed by atoms with van der Waals surface area (Å²) in [5.74, 6) is -0.558. The van der Waals surface area contributed by atoms with E-state index in [1.54, 1.807) is 6.07 Å². The first-order valence-electron chi connectivity index (χ1n) is 7.26. The molecular weight excluding hydrogens is 274 g/mol. The SMILES string of the molecule is O=C1NC(=O)c2c1ccc1c2Cc2c-1ccc1ccccc21. The third kappa shape index (κ3) is 1.31. The highest BCUT2D eigenvalue weighted by Crippen LogP contribution is 2.43. The van der Waals surface area contributed by atoms with Crippen molar-refractivity contribution >= 4 is 22.6 Å². The van der Waals surface area contributed by atoms with Crippen LogP contribution in [0, 0.1) is 0 Å². The van der Waals surface area contributed by atoms with E-state index in [4.69, 9.17) is 0 Å². The van der Waals surface area contributed by atoms with Gasteiger partial charge in [0.25, 0.3) is 11.8 Å². The van der Waals surface area contributed by atoms with Crippen LogP contribution in [0.2, 0.25) is 0 Å². The highest BCUT2D eigenvalue weighted by Gasteiger charge is 2.34. The third-order valence-electron chi connectivity index (χ3n) is 4.70. The van der Waals surface area contributed by atoms with Gasteiger partial charge in [0, 0.05) is 6.42 Å². The zero-order valence-electron chi connectivity index (χ0n) is 11.6. The van der Waals surface area contributed by atoms with E-state index in [0.29, 0.717) is 17.5 Å². The van der Waals surface area contributed by atoms with Crippen molar-refractivity contribution in [1.29, 1.82) is 0 Å². The Bertz CT molecular complexity index is 1020. The highest BCUT2D eigenvalue weighted by molar-refractivity contribution is 6.23. The molecule has 0 saturated heterocycles. The Hall–Kier alpha value is -2.94. The highest BCUT2D eigenvalue weighted by atomic mass is 16.2. The second-order valence-corrected chi connectivity index (χ2v) is 5.79. The van der Waals surface area contributed by atoms with Crippen molar-refractivity contribution in [3.63, 3.8) is 0 Å². The van der Waals surface area contributed by atoms with Crippen LogP contribution in [-0.2, 0) is 6.42 Å². The lowest BCUT2D eigenvalue weighted by Crippen LogP contribution is -2.20. The number of hydrogen-bond acceptors (Lipinski definition) is 2. The van der Waals surface area contributed by atoms with Crippen molar-refractivity contribution in [3.05, 3.63) is 70.8 Å². The van der Waals surface area contributed by atoms with Gasteiger partial charge in [-0.15, -0.1) is 0 Å². The summed E-state index contributed by atoms with van der Waals surface area (Å²) in [5, 5.41) is 4.82. The molecule has 2 aliphatic rings. The molecule has 0 radical (unpaired) electrons. The third-order valence-corrected chi connectivity index (χ3v) is 4.70. The zero-order valence-corrected chi connectivity index (χ0v) is 11.6. The van der Waals surface area contributed by atoms with Crippen LogP contribution in [0.5, 0.6) is 0 Å². The minimum atomic E-state index is -0.288. The van der Waals surface area contributed by atoms with Gasteiger partial charge in [0.2, 0.25) is 0 Å². The molecule has 3 nitrogen and oxygen atoms in total. The average molecular weight is 285 g/mol. The van der Waals surface area contributed by atoms with Gasteiger partial charge in [-0.25, -0.2) is 0 Å². The lowest BCUT2D eigenvalue weighted by Gasteiger charge is -2.05. The maximum Gasteiger partial charge on any atom is 0.259 e. The van der Waals surface area contributed by atoms with Crippen LogP contribution in [0.4, 0.5) is 0 Å². The first-order valence-corrected chi connectivity index (χ1v) is 7.26. The van der Waals surface area contributed by atoms with Crippen LogP contribution in [0.3, 0.4) is 0 Å². The molecule has 1 N–H and O–H groups in total. The van der Waals surface area contributed by atoms with Crippen molar-refractivity contribution in [2.75, 3.05) is 0 Å². The molecule has 0 aromatic heterocycles. The fraction of sp³-hybridized carbons (Fsp3) is 0.0526. The summed E-state index contributed by atoms with van der Waals surface area (Å²) in [4.78, 5) is 23.9. The van der Waals surface area contributed by atoms with Crippen molar-refractivity contribution < 1.29 is 9.59 Å². The van der Waals surface area contributed by atoms with Crippen LogP contribution >= 0.6 is 0 Å². The number of rotatable bonds is 0. The quantitative estimate of drug-likeness (QED) is 0.504. The molecular formula is C19H11NO2. The van der Waals surface area contributed by atoms with Crippen LogP contribution < -0.4 is 5.32 Å². The van der Waals surface area contributed by atoms with Gasteiger partial charge in [-0.2, -0.15) is 0 Å². The predicted molar refractivity (Wildman–Crippen MR) is 84.0 cm³/mol. The van der Waals surface area contributed by atoms with E-state index in [9.17, 15) is 9.59 Å². The molecule has 3 aromatic rings. The number of hydrogen-bond donors (Lipinski definition) is 1. The normalized spacial score (nSPS) is 14.7. The molecule has 0 spiro atoms. The minimum Gasteiger partial charge on any atom is -0.288 e. The number of amides is 2. The van der Waals surface area contributed by atoms with Gasteiger partial charge in [-0.3, -0.25) is 14.9 Å². The summed E-state index contributed by atoms with van der Waals surface area (Å²) in [5.41, 5.74) is 5.53. The van der Waals surface area contributed by atoms with Crippen LogP contribution in [-0.4, -0.2) is 11.8 Å². The zero-order chi connectivity index (χ0) is 14.8. The van der Waals surface area contributed by atoms with E-state index < -0.39 is 0 Å². The van der Waals surface area contributed by atoms with Crippen molar-refractivity contribution in [3.8, 4) is 11.1 Å². The molecule has 0 bridgehead atoms. The molecule has 3 heteroatoms. The number of carbonyl (C=O) groups is 2. The van der Waals surface area contributed by atoms with Gasteiger partial charge in [0.05, 0.1) is 11.1 Å². The fourth-order valence-corrected chi connectivity index (χ4v) is 3.72. The summed E-state index contributed by atoms with van der Waals surface area (Å²) < 4.78 is 0. The topological polar surface area (TPSA) is 46.2 Å². The summed E-state index contributed by atoms with van der Waals surface area (Å²) in [6.07, 6.45) is 0.704. The van der Waals surface area contributed by atoms with Crippen LogP contribution in [0.1, 0.15) is 31.8 Å². The van der Waals surface area contributed by atoms with Gasteiger partial charge in [0.15, 0.2) is 0 Å². The molecule has 22 heavy (non-hydrogen) atoms. The lowest BCUT2D eigenvalue weighted by molar-refractivity contribution is 0.0879. The van der Waals surface area contributed by atoms with E-state index in [2.05, 4.69) is 29.6 Å². The van der Waals surface area contributed by atoms with E-state index in [1.807, 2.05) is 18.2 Å². The van der Waals surface area contributed by atoms with E-state index >= 15 is 0 Å². The van der Waals surface area contributed by atoms with Gasteiger partial charge >= 0.3 is 0 Å². The summed E-state index contributed by atoms with van der Waals surface area (Å²) in [6, 6.07) is 16.2. The summed E-state index contributed by atoms with van der Waals surface area (Å²) >= 11 is 0. The Morgan fingerprint density at radius 3 is 2.36 bits per heavy atom. The lowest BCUT2D eigenvalue weighted by atomic mass is 9.97. The maximum absolute atomic E-state index is 12.1. The molecule has 0 saturated carbocycles. The summed E-state index contributed by atoms with van der Waals surface area (Å²) in [7, 11) is 0. The first-order chi connectivity index (χ1) is 10.7. The second-order valence-electron chi connectivity index (χ2n) is 5.79. The maximum atomic E-state index is 12.1.